The van der Waals surface area contributed by atoms with Crippen LogP contribution in [-0.4, -0.2) is 30.6 Å². The van der Waals surface area contributed by atoms with E-state index in [1.54, 1.807) is 23.6 Å². The zero-order chi connectivity index (χ0) is 15.5. The first-order valence-electron chi connectivity index (χ1n) is 5.95. The number of aliphatic carboxylic acids is 1. The van der Waals surface area contributed by atoms with Gasteiger partial charge in [0.25, 0.3) is 10.0 Å². The summed E-state index contributed by atoms with van der Waals surface area (Å²) in [6, 6.07) is 7.64. The van der Waals surface area contributed by atoms with Gasteiger partial charge in [0.1, 0.15) is 16.0 Å². The molecule has 0 spiro atoms. The summed E-state index contributed by atoms with van der Waals surface area (Å²) in [5, 5.41) is 20.0. The summed E-state index contributed by atoms with van der Waals surface area (Å²) in [6.45, 7) is 0. The predicted molar refractivity (Wildman–Crippen MR) is 77.9 cm³/mol. The molecule has 0 aliphatic carbocycles. The van der Waals surface area contributed by atoms with Gasteiger partial charge in [0.2, 0.25) is 0 Å². The van der Waals surface area contributed by atoms with Crippen LogP contribution in [0, 0.1) is 0 Å². The maximum Gasteiger partial charge on any atom is 0.322 e. The lowest BCUT2D eigenvalue weighted by Crippen LogP contribution is -2.42. The molecule has 112 valence electrons. The van der Waals surface area contributed by atoms with Crippen molar-refractivity contribution < 1.29 is 23.4 Å². The largest absolute Gasteiger partial charge is 0.508 e. The van der Waals surface area contributed by atoms with Gasteiger partial charge in [-0.15, -0.1) is 11.3 Å². The van der Waals surface area contributed by atoms with Crippen molar-refractivity contribution >= 4 is 27.3 Å². The fraction of sp³-hybridized carbons (Fsp3) is 0.154. The molecule has 0 saturated heterocycles. The van der Waals surface area contributed by atoms with E-state index in [0.29, 0.717) is 5.56 Å². The molecule has 0 unspecified atom stereocenters. The molecule has 1 atom stereocenters. The lowest BCUT2D eigenvalue weighted by Gasteiger charge is -2.14. The van der Waals surface area contributed by atoms with E-state index >= 15 is 0 Å². The summed E-state index contributed by atoms with van der Waals surface area (Å²) in [7, 11) is -3.85. The molecule has 2 aromatic rings. The first-order chi connectivity index (χ1) is 9.88. The highest BCUT2D eigenvalue weighted by Gasteiger charge is 2.26. The topological polar surface area (TPSA) is 104 Å². The van der Waals surface area contributed by atoms with Gasteiger partial charge in [-0.25, -0.2) is 8.42 Å². The number of hydrogen-bond donors (Lipinski definition) is 3. The molecule has 0 fully saturated rings. The number of aromatic hydroxyl groups is 1. The van der Waals surface area contributed by atoms with Crippen molar-refractivity contribution in [2.45, 2.75) is 16.7 Å². The lowest BCUT2D eigenvalue weighted by atomic mass is 10.1. The number of phenols is 1. The third-order valence-corrected chi connectivity index (χ3v) is 5.60. The summed E-state index contributed by atoms with van der Waals surface area (Å²) >= 11 is 1.02. The predicted octanol–water partition coefficient (Wildman–Crippen LogP) is 1.43. The highest BCUT2D eigenvalue weighted by molar-refractivity contribution is 7.91. The first-order valence-corrected chi connectivity index (χ1v) is 8.31. The standard InChI is InChI=1S/C13H13NO5S2/c15-10-5-3-9(4-6-10)8-11(13(16)17)14-21(18,19)12-2-1-7-20-12/h1-7,11,14-15H,8H2,(H,16,17)/t11-/m1/s1. The number of carbonyl (C=O) groups is 1. The van der Waals surface area contributed by atoms with Crippen LogP contribution in [-0.2, 0) is 21.2 Å². The van der Waals surface area contributed by atoms with Crippen molar-refractivity contribution in [1.29, 1.82) is 0 Å². The van der Waals surface area contributed by atoms with Gasteiger partial charge in [-0.2, -0.15) is 4.72 Å². The highest BCUT2D eigenvalue weighted by Crippen LogP contribution is 2.17. The number of sulfonamides is 1. The normalized spacial score (nSPS) is 13.0. The second kappa shape index (κ2) is 6.25. The van der Waals surface area contributed by atoms with Gasteiger partial charge < -0.3 is 10.2 Å². The minimum Gasteiger partial charge on any atom is -0.508 e. The van der Waals surface area contributed by atoms with E-state index in [0.717, 1.165) is 11.3 Å². The Morgan fingerprint density at radius 1 is 1.24 bits per heavy atom. The molecule has 0 saturated carbocycles. The fourth-order valence-electron chi connectivity index (χ4n) is 1.71. The average molecular weight is 327 g/mol. The summed E-state index contributed by atoms with van der Waals surface area (Å²) in [5.41, 5.74) is 0.606. The number of benzene rings is 1. The minimum atomic E-state index is -3.85. The van der Waals surface area contributed by atoms with Gasteiger partial charge in [-0.05, 0) is 35.6 Å². The van der Waals surface area contributed by atoms with Crippen LogP contribution in [0.5, 0.6) is 5.75 Å². The summed E-state index contributed by atoms with van der Waals surface area (Å²) in [4.78, 5) is 11.2. The number of phenolic OH excluding ortho intramolecular Hbond substituents is 1. The molecule has 0 radical (unpaired) electrons. The van der Waals surface area contributed by atoms with Crippen molar-refractivity contribution in [1.82, 2.24) is 4.72 Å². The van der Waals surface area contributed by atoms with Crippen LogP contribution in [0.1, 0.15) is 5.56 Å². The van der Waals surface area contributed by atoms with Crippen molar-refractivity contribution in [3.63, 3.8) is 0 Å². The number of nitrogens with one attached hydrogen (secondary N) is 1. The molecular formula is C13H13NO5S2. The van der Waals surface area contributed by atoms with Gasteiger partial charge in [0.15, 0.2) is 0 Å². The van der Waals surface area contributed by atoms with Gasteiger partial charge in [0, 0.05) is 0 Å². The fourth-order valence-corrected chi connectivity index (χ4v) is 3.91. The van der Waals surface area contributed by atoms with E-state index in [4.69, 9.17) is 0 Å². The SMILES string of the molecule is O=C(O)[C@@H](Cc1ccc(O)cc1)NS(=O)(=O)c1cccs1. The number of rotatable bonds is 6. The van der Waals surface area contributed by atoms with Crippen LogP contribution in [0.15, 0.2) is 46.0 Å². The van der Waals surface area contributed by atoms with Crippen molar-refractivity contribution in [2.24, 2.45) is 0 Å². The Morgan fingerprint density at radius 2 is 1.90 bits per heavy atom. The molecule has 0 amide bonds. The monoisotopic (exact) mass is 327 g/mol. The number of thiophene rings is 1. The lowest BCUT2D eigenvalue weighted by molar-refractivity contribution is -0.138. The number of carboxylic acids is 1. The Morgan fingerprint density at radius 3 is 2.43 bits per heavy atom. The maximum absolute atomic E-state index is 12.0. The van der Waals surface area contributed by atoms with E-state index < -0.39 is 22.0 Å². The van der Waals surface area contributed by atoms with Crippen molar-refractivity contribution in [3.05, 3.63) is 47.3 Å². The van der Waals surface area contributed by atoms with Gasteiger partial charge in [-0.3, -0.25) is 4.79 Å². The van der Waals surface area contributed by atoms with Crippen molar-refractivity contribution in [3.8, 4) is 5.75 Å². The Bertz CT molecular complexity index is 708. The van der Waals surface area contributed by atoms with Crippen molar-refractivity contribution in [2.75, 3.05) is 0 Å². The molecule has 8 heteroatoms. The molecule has 1 heterocycles. The number of carboxylic acid groups (broad SMARTS) is 1. The molecule has 2 rings (SSSR count). The second-order valence-corrected chi connectivity index (χ2v) is 7.20. The minimum absolute atomic E-state index is 0.0137. The van der Waals surface area contributed by atoms with E-state index in [1.807, 2.05) is 0 Å². The maximum atomic E-state index is 12.0. The summed E-state index contributed by atoms with van der Waals surface area (Å²) in [5.74, 6) is -1.20. The zero-order valence-corrected chi connectivity index (χ0v) is 12.4. The van der Waals surface area contributed by atoms with E-state index in [-0.39, 0.29) is 16.4 Å². The summed E-state index contributed by atoms with van der Waals surface area (Å²) in [6.07, 6.45) is -0.0137. The van der Waals surface area contributed by atoms with Crippen LogP contribution >= 0.6 is 11.3 Å². The Balaban J connectivity index is 2.17. The molecule has 0 bridgehead atoms. The number of hydrogen-bond acceptors (Lipinski definition) is 5. The smallest absolute Gasteiger partial charge is 0.322 e. The zero-order valence-electron chi connectivity index (χ0n) is 10.8. The van der Waals surface area contributed by atoms with Crippen LogP contribution in [0.25, 0.3) is 0 Å². The van der Waals surface area contributed by atoms with Gasteiger partial charge in [-0.1, -0.05) is 18.2 Å². The van der Waals surface area contributed by atoms with Crippen LogP contribution in [0.4, 0.5) is 0 Å². The summed E-state index contributed by atoms with van der Waals surface area (Å²) < 4.78 is 26.3. The quantitative estimate of drug-likeness (QED) is 0.744. The Kier molecular flexibility index (Phi) is 4.61. The second-order valence-electron chi connectivity index (χ2n) is 4.31. The molecule has 1 aromatic carbocycles. The van der Waals surface area contributed by atoms with Gasteiger partial charge in [0.05, 0.1) is 0 Å². The Labute approximate surface area is 125 Å². The molecule has 3 N–H and O–H groups in total. The molecule has 6 nitrogen and oxygen atoms in total. The highest BCUT2D eigenvalue weighted by atomic mass is 32.2. The molecule has 1 aromatic heterocycles. The Hall–Kier alpha value is -1.90. The van der Waals surface area contributed by atoms with E-state index in [1.165, 1.54) is 18.2 Å². The third kappa shape index (κ3) is 4.03. The average Bonchev–Trinajstić information content (AvgIpc) is 2.95. The van der Waals surface area contributed by atoms with Gasteiger partial charge >= 0.3 is 5.97 Å². The molecular weight excluding hydrogens is 314 g/mol. The molecule has 0 aliphatic heterocycles. The van der Waals surface area contributed by atoms with Crippen LogP contribution < -0.4 is 4.72 Å². The molecule has 21 heavy (non-hydrogen) atoms. The molecule has 0 aliphatic rings. The third-order valence-electron chi connectivity index (χ3n) is 2.73. The first kappa shape index (κ1) is 15.5. The van der Waals surface area contributed by atoms with E-state index in [9.17, 15) is 23.4 Å². The van der Waals surface area contributed by atoms with Crippen LogP contribution in [0.3, 0.4) is 0 Å². The van der Waals surface area contributed by atoms with Crippen LogP contribution in [0.2, 0.25) is 0 Å². The van der Waals surface area contributed by atoms with E-state index in [2.05, 4.69) is 4.72 Å².